The summed E-state index contributed by atoms with van der Waals surface area (Å²) in [7, 11) is 0. The lowest BCUT2D eigenvalue weighted by Crippen LogP contribution is -2.10. The van der Waals surface area contributed by atoms with Crippen LogP contribution in [0, 0.1) is 6.92 Å². The lowest BCUT2D eigenvalue weighted by Gasteiger charge is -2.12. The van der Waals surface area contributed by atoms with Gasteiger partial charge in [-0.3, -0.25) is 0 Å². The summed E-state index contributed by atoms with van der Waals surface area (Å²) in [6, 6.07) is 10.6. The molecule has 0 aliphatic heterocycles. The fourth-order valence-electron chi connectivity index (χ4n) is 3.56. The van der Waals surface area contributed by atoms with Gasteiger partial charge in [-0.25, -0.2) is 14.8 Å². The summed E-state index contributed by atoms with van der Waals surface area (Å²) in [6.07, 6.45) is 0.300. The summed E-state index contributed by atoms with van der Waals surface area (Å²) in [4.78, 5) is 20.9. The molecule has 1 heterocycles. The molecule has 4 rings (SSSR count). The quantitative estimate of drug-likeness (QED) is 0.365. The van der Waals surface area contributed by atoms with Crippen LogP contribution in [0.1, 0.15) is 41.1 Å². The van der Waals surface area contributed by atoms with Gasteiger partial charge in [0.05, 0.1) is 11.3 Å². The van der Waals surface area contributed by atoms with Crippen LogP contribution >= 0.6 is 11.8 Å². The molecule has 1 saturated carbocycles. The average Bonchev–Trinajstić information content (AvgIpc) is 3.63. The van der Waals surface area contributed by atoms with Gasteiger partial charge < -0.3 is 9.84 Å². The van der Waals surface area contributed by atoms with Crippen molar-refractivity contribution < 1.29 is 27.8 Å². The minimum Gasteiger partial charge on any atom is -0.482 e. The van der Waals surface area contributed by atoms with E-state index in [4.69, 9.17) is 14.8 Å². The van der Waals surface area contributed by atoms with Crippen LogP contribution in [-0.4, -0.2) is 33.4 Å². The van der Waals surface area contributed by atoms with Crippen LogP contribution in [0.5, 0.6) is 5.75 Å². The van der Waals surface area contributed by atoms with Crippen LogP contribution in [0.3, 0.4) is 0 Å². The molecule has 1 aliphatic carbocycles. The molecule has 178 valence electrons. The van der Waals surface area contributed by atoms with Gasteiger partial charge in [0.1, 0.15) is 5.75 Å². The number of hydrogen-bond acceptors (Lipinski definition) is 5. The SMILES string of the molecule is Cc1cc(SCCc2cnc(-c3ccc(C(F)(F)F)cc3)nc2C2CC2)ccc1OCC(=O)O. The minimum atomic E-state index is -4.37. The second-order valence-electron chi connectivity index (χ2n) is 8.16. The van der Waals surface area contributed by atoms with Crippen LogP contribution in [0.15, 0.2) is 53.6 Å². The molecule has 0 radical (unpaired) electrons. The van der Waals surface area contributed by atoms with Gasteiger partial charge >= 0.3 is 12.1 Å². The van der Waals surface area contributed by atoms with Crippen LogP contribution < -0.4 is 4.74 Å². The highest BCUT2D eigenvalue weighted by atomic mass is 32.2. The number of ether oxygens (including phenoxy) is 1. The molecule has 0 bridgehead atoms. The molecule has 34 heavy (non-hydrogen) atoms. The largest absolute Gasteiger partial charge is 0.482 e. The Morgan fingerprint density at radius 3 is 2.53 bits per heavy atom. The van der Waals surface area contributed by atoms with Gasteiger partial charge in [0.2, 0.25) is 0 Å². The topological polar surface area (TPSA) is 72.3 Å². The van der Waals surface area contributed by atoms with Crippen molar-refractivity contribution in [3.8, 4) is 17.1 Å². The van der Waals surface area contributed by atoms with E-state index in [0.29, 0.717) is 23.1 Å². The van der Waals surface area contributed by atoms with Crippen molar-refractivity contribution in [3.05, 3.63) is 71.0 Å². The summed E-state index contributed by atoms with van der Waals surface area (Å²) in [5.41, 5.74) is 2.79. The predicted molar refractivity (Wildman–Crippen MR) is 123 cm³/mol. The molecule has 0 atom stereocenters. The molecule has 0 saturated heterocycles. The first-order valence-corrected chi connectivity index (χ1v) is 11.8. The summed E-state index contributed by atoms with van der Waals surface area (Å²) in [6.45, 7) is 1.50. The third kappa shape index (κ3) is 6.08. The number of aliphatic carboxylic acids is 1. The van der Waals surface area contributed by atoms with Crippen molar-refractivity contribution >= 4 is 17.7 Å². The molecule has 2 aromatic carbocycles. The first kappa shape index (κ1) is 24.1. The second kappa shape index (κ2) is 10.0. The van der Waals surface area contributed by atoms with Gasteiger partial charge in [0.25, 0.3) is 0 Å². The Hall–Kier alpha value is -3.07. The molecule has 1 N–H and O–H groups in total. The van der Waals surface area contributed by atoms with E-state index in [1.165, 1.54) is 12.1 Å². The van der Waals surface area contributed by atoms with Crippen molar-refractivity contribution in [2.24, 2.45) is 0 Å². The summed E-state index contributed by atoms with van der Waals surface area (Å²) >= 11 is 1.67. The summed E-state index contributed by atoms with van der Waals surface area (Å²) < 4.78 is 43.8. The standard InChI is InChI=1S/C25H23F3N2O3S/c1-15-12-20(8-9-21(15)33-14-22(31)32)34-11-10-18-13-29-24(30-23(18)16-2-3-16)17-4-6-19(7-5-17)25(26,27)28/h4-9,12-13,16H,2-3,10-11,14H2,1H3,(H,31,32). The molecule has 1 aromatic heterocycles. The highest BCUT2D eigenvalue weighted by molar-refractivity contribution is 7.99. The molecule has 3 aromatic rings. The fourth-order valence-corrected chi connectivity index (χ4v) is 4.54. The maximum absolute atomic E-state index is 12.8. The van der Waals surface area contributed by atoms with Crippen molar-refractivity contribution in [2.75, 3.05) is 12.4 Å². The van der Waals surface area contributed by atoms with Gasteiger partial charge in [0.15, 0.2) is 12.4 Å². The van der Waals surface area contributed by atoms with E-state index in [9.17, 15) is 18.0 Å². The molecule has 9 heteroatoms. The highest BCUT2D eigenvalue weighted by Crippen LogP contribution is 2.41. The molecule has 1 fully saturated rings. The lowest BCUT2D eigenvalue weighted by molar-refractivity contribution is -0.139. The molecule has 5 nitrogen and oxygen atoms in total. The van der Waals surface area contributed by atoms with E-state index in [-0.39, 0.29) is 6.61 Å². The molecule has 0 spiro atoms. The lowest BCUT2D eigenvalue weighted by atomic mass is 10.1. The number of carbonyl (C=O) groups is 1. The van der Waals surface area contributed by atoms with Crippen molar-refractivity contribution in [1.82, 2.24) is 9.97 Å². The van der Waals surface area contributed by atoms with Gasteiger partial charge in [-0.1, -0.05) is 12.1 Å². The number of benzene rings is 2. The average molecular weight is 489 g/mol. The van der Waals surface area contributed by atoms with E-state index in [1.807, 2.05) is 19.1 Å². The maximum atomic E-state index is 12.8. The zero-order valence-corrected chi connectivity index (χ0v) is 19.2. The molecular formula is C25H23F3N2O3S. The van der Waals surface area contributed by atoms with E-state index in [0.717, 1.165) is 58.9 Å². The van der Waals surface area contributed by atoms with Crippen LogP contribution in [0.4, 0.5) is 13.2 Å². The van der Waals surface area contributed by atoms with Crippen molar-refractivity contribution in [3.63, 3.8) is 0 Å². The van der Waals surface area contributed by atoms with Crippen LogP contribution in [-0.2, 0) is 17.4 Å². The molecule has 0 unspecified atom stereocenters. The third-order valence-corrected chi connectivity index (χ3v) is 6.47. The number of aromatic nitrogens is 2. The number of thioether (sulfide) groups is 1. The number of hydrogen-bond donors (Lipinski definition) is 1. The monoisotopic (exact) mass is 488 g/mol. The van der Waals surface area contributed by atoms with Gasteiger partial charge in [-0.05, 0) is 67.6 Å². The van der Waals surface area contributed by atoms with E-state index >= 15 is 0 Å². The Labute approximate surface area is 199 Å². The van der Waals surface area contributed by atoms with Gasteiger partial charge in [-0.15, -0.1) is 11.8 Å². The Kier molecular flexibility index (Phi) is 7.11. The molecule has 1 aliphatic rings. The number of aryl methyl sites for hydroxylation is 2. The van der Waals surface area contributed by atoms with Crippen molar-refractivity contribution in [2.45, 2.75) is 43.2 Å². The second-order valence-corrected chi connectivity index (χ2v) is 9.33. The Morgan fingerprint density at radius 2 is 1.91 bits per heavy atom. The first-order valence-electron chi connectivity index (χ1n) is 10.8. The highest BCUT2D eigenvalue weighted by Gasteiger charge is 2.31. The van der Waals surface area contributed by atoms with Gasteiger partial charge in [-0.2, -0.15) is 13.2 Å². The number of nitrogens with zero attached hydrogens (tertiary/aromatic N) is 2. The number of rotatable bonds is 9. The zero-order valence-electron chi connectivity index (χ0n) is 18.4. The van der Waals surface area contributed by atoms with Crippen molar-refractivity contribution in [1.29, 1.82) is 0 Å². The van der Waals surface area contributed by atoms with E-state index < -0.39 is 17.7 Å². The number of alkyl halides is 3. The Bertz CT molecular complexity index is 1180. The van der Waals surface area contributed by atoms with Crippen LogP contribution in [0.2, 0.25) is 0 Å². The van der Waals surface area contributed by atoms with Crippen LogP contribution in [0.25, 0.3) is 11.4 Å². The number of halogens is 3. The zero-order chi connectivity index (χ0) is 24.3. The summed E-state index contributed by atoms with van der Waals surface area (Å²) in [5, 5.41) is 8.75. The predicted octanol–water partition coefficient (Wildman–Crippen LogP) is 6.15. The van der Waals surface area contributed by atoms with E-state index in [2.05, 4.69) is 4.98 Å². The number of carboxylic acids is 1. The normalized spacial score (nSPS) is 13.6. The Morgan fingerprint density at radius 1 is 1.18 bits per heavy atom. The first-order chi connectivity index (χ1) is 16.2. The smallest absolute Gasteiger partial charge is 0.416 e. The third-order valence-electron chi connectivity index (χ3n) is 5.47. The van der Waals surface area contributed by atoms with Gasteiger partial charge in [0, 0.05) is 28.3 Å². The summed E-state index contributed by atoms with van der Waals surface area (Å²) in [5.74, 6) is 1.16. The van der Waals surface area contributed by atoms with E-state index in [1.54, 1.807) is 24.0 Å². The fraction of sp³-hybridized carbons (Fsp3) is 0.320. The molecular weight excluding hydrogens is 465 g/mol. The maximum Gasteiger partial charge on any atom is 0.416 e. The Balaban J connectivity index is 1.42. The number of carboxylic acid groups (broad SMARTS) is 1. The molecule has 0 amide bonds. The minimum absolute atomic E-state index is 0.375.